The molecule has 1 amide bonds. The fourth-order valence-corrected chi connectivity index (χ4v) is 3.17. The van der Waals surface area contributed by atoms with Crippen molar-refractivity contribution in [3.63, 3.8) is 0 Å². The lowest BCUT2D eigenvalue weighted by Crippen LogP contribution is -2.36. The minimum atomic E-state index is -0.104. The second-order valence-electron chi connectivity index (χ2n) is 5.59. The van der Waals surface area contributed by atoms with E-state index in [2.05, 4.69) is 28.6 Å². The number of likely N-dealkylation sites (N-methyl/N-ethyl adjacent to an activating group) is 1. The molecule has 23 heavy (non-hydrogen) atoms. The van der Waals surface area contributed by atoms with Crippen LogP contribution in [0.3, 0.4) is 0 Å². The molecule has 1 N–H and O–H groups in total. The number of carbonyl (C=O) groups excluding carboxylic acids is 1. The number of ether oxygens (including phenoxy) is 1. The van der Waals surface area contributed by atoms with E-state index in [1.54, 1.807) is 11.3 Å². The lowest BCUT2D eigenvalue weighted by Gasteiger charge is -2.23. The third-order valence-corrected chi connectivity index (χ3v) is 4.66. The molecule has 0 saturated heterocycles. The zero-order valence-corrected chi connectivity index (χ0v) is 14.7. The van der Waals surface area contributed by atoms with Crippen molar-refractivity contribution in [3.05, 3.63) is 52.2 Å². The summed E-state index contributed by atoms with van der Waals surface area (Å²) in [6, 6.07) is 12.1. The molecule has 0 radical (unpaired) electrons. The van der Waals surface area contributed by atoms with Gasteiger partial charge >= 0.3 is 0 Å². The molecule has 0 saturated carbocycles. The van der Waals surface area contributed by atoms with Gasteiger partial charge < -0.3 is 15.0 Å². The first-order chi connectivity index (χ1) is 11.1. The van der Waals surface area contributed by atoms with Gasteiger partial charge in [-0.2, -0.15) is 0 Å². The first-order valence-corrected chi connectivity index (χ1v) is 8.66. The molecular formula is C18H24N2O2S. The largest absolute Gasteiger partial charge is 0.484 e. The van der Waals surface area contributed by atoms with Gasteiger partial charge in [0.1, 0.15) is 5.75 Å². The quantitative estimate of drug-likeness (QED) is 0.807. The van der Waals surface area contributed by atoms with Crippen LogP contribution < -0.4 is 10.1 Å². The maximum absolute atomic E-state index is 12.0. The van der Waals surface area contributed by atoms with E-state index in [0.29, 0.717) is 6.54 Å². The predicted molar refractivity (Wildman–Crippen MR) is 95.1 cm³/mol. The fourth-order valence-electron chi connectivity index (χ4n) is 2.25. The van der Waals surface area contributed by atoms with Crippen LogP contribution in [0.5, 0.6) is 5.75 Å². The van der Waals surface area contributed by atoms with Gasteiger partial charge in [0.05, 0.1) is 6.04 Å². The van der Waals surface area contributed by atoms with Crippen molar-refractivity contribution in [3.8, 4) is 5.75 Å². The zero-order chi connectivity index (χ0) is 16.7. The topological polar surface area (TPSA) is 41.6 Å². The van der Waals surface area contributed by atoms with Gasteiger partial charge in [0.25, 0.3) is 5.91 Å². The number of benzene rings is 1. The van der Waals surface area contributed by atoms with Crippen LogP contribution in [0.15, 0.2) is 41.8 Å². The second kappa shape index (κ2) is 8.70. The molecule has 4 nitrogen and oxygen atoms in total. The number of aryl methyl sites for hydroxylation is 1. The van der Waals surface area contributed by atoms with Crippen LogP contribution in [0.2, 0.25) is 0 Å². The van der Waals surface area contributed by atoms with Crippen LogP contribution in [0.1, 0.15) is 23.4 Å². The van der Waals surface area contributed by atoms with Crippen LogP contribution in [0.25, 0.3) is 0 Å². The molecule has 2 rings (SSSR count). The van der Waals surface area contributed by atoms with Gasteiger partial charge in [-0.05, 0) is 49.7 Å². The van der Waals surface area contributed by atoms with Crippen molar-refractivity contribution in [1.82, 2.24) is 10.2 Å². The summed E-state index contributed by atoms with van der Waals surface area (Å²) in [7, 11) is 4.03. The summed E-state index contributed by atoms with van der Waals surface area (Å²) in [5, 5.41) is 5.00. The molecule has 0 aliphatic heterocycles. The van der Waals surface area contributed by atoms with Crippen LogP contribution in [0, 0.1) is 0 Å². The van der Waals surface area contributed by atoms with Crippen LogP contribution in [-0.2, 0) is 11.2 Å². The Morgan fingerprint density at radius 3 is 2.57 bits per heavy atom. The van der Waals surface area contributed by atoms with Crippen molar-refractivity contribution >= 4 is 17.2 Å². The number of amides is 1. The summed E-state index contributed by atoms with van der Waals surface area (Å²) in [6.07, 6.45) is 0.995. The standard InChI is InChI=1S/C18H24N2O2S/c1-4-14-7-9-15(10-8-14)22-13-18(21)19-12-16(20(2)3)17-6-5-11-23-17/h5-11,16H,4,12-13H2,1-3H3,(H,19,21). The molecule has 5 heteroatoms. The van der Waals surface area contributed by atoms with E-state index >= 15 is 0 Å². The van der Waals surface area contributed by atoms with E-state index in [0.717, 1.165) is 12.2 Å². The van der Waals surface area contributed by atoms with Crippen molar-refractivity contribution in [2.24, 2.45) is 0 Å². The Hall–Kier alpha value is -1.85. The van der Waals surface area contributed by atoms with Crippen molar-refractivity contribution < 1.29 is 9.53 Å². The van der Waals surface area contributed by atoms with Crippen molar-refractivity contribution in [1.29, 1.82) is 0 Å². The molecule has 0 aliphatic carbocycles. The molecule has 1 heterocycles. The number of hydrogen-bond donors (Lipinski definition) is 1. The molecule has 2 aromatic rings. The highest BCUT2D eigenvalue weighted by Gasteiger charge is 2.16. The Kier molecular flexibility index (Phi) is 6.62. The Morgan fingerprint density at radius 1 is 1.26 bits per heavy atom. The summed E-state index contributed by atoms with van der Waals surface area (Å²) in [4.78, 5) is 15.3. The minimum Gasteiger partial charge on any atom is -0.484 e. The van der Waals surface area contributed by atoms with Gasteiger partial charge in [0.2, 0.25) is 0 Å². The smallest absolute Gasteiger partial charge is 0.258 e. The molecule has 1 unspecified atom stereocenters. The molecular weight excluding hydrogens is 308 g/mol. The maximum Gasteiger partial charge on any atom is 0.258 e. The summed E-state index contributed by atoms with van der Waals surface area (Å²) in [5.41, 5.74) is 1.26. The lowest BCUT2D eigenvalue weighted by atomic mass is 10.2. The van der Waals surface area contributed by atoms with Crippen LogP contribution in [-0.4, -0.2) is 38.1 Å². The maximum atomic E-state index is 12.0. The van der Waals surface area contributed by atoms with Gasteiger partial charge in [0, 0.05) is 11.4 Å². The highest BCUT2D eigenvalue weighted by molar-refractivity contribution is 7.10. The number of nitrogens with zero attached hydrogens (tertiary/aromatic N) is 1. The summed E-state index contributed by atoms with van der Waals surface area (Å²) >= 11 is 1.70. The summed E-state index contributed by atoms with van der Waals surface area (Å²) < 4.78 is 5.53. The number of carbonyl (C=O) groups is 1. The van der Waals surface area contributed by atoms with E-state index < -0.39 is 0 Å². The van der Waals surface area contributed by atoms with Crippen molar-refractivity contribution in [2.45, 2.75) is 19.4 Å². The molecule has 1 aromatic carbocycles. The molecule has 0 aliphatic rings. The van der Waals surface area contributed by atoms with Gasteiger partial charge in [-0.25, -0.2) is 0 Å². The number of nitrogens with one attached hydrogen (secondary N) is 1. The molecule has 1 aromatic heterocycles. The normalized spacial score (nSPS) is 12.2. The molecule has 1 atom stereocenters. The Labute approximate surface area is 142 Å². The van der Waals surface area contributed by atoms with E-state index in [-0.39, 0.29) is 18.6 Å². The first-order valence-electron chi connectivity index (χ1n) is 7.78. The molecule has 0 fully saturated rings. The van der Waals surface area contributed by atoms with E-state index in [1.165, 1.54) is 10.4 Å². The van der Waals surface area contributed by atoms with Crippen LogP contribution in [0.4, 0.5) is 0 Å². The number of hydrogen-bond acceptors (Lipinski definition) is 4. The first kappa shape index (κ1) is 17.5. The van der Waals surface area contributed by atoms with Gasteiger partial charge in [-0.1, -0.05) is 25.1 Å². The molecule has 0 spiro atoms. The van der Waals surface area contributed by atoms with E-state index in [9.17, 15) is 4.79 Å². The van der Waals surface area contributed by atoms with E-state index in [1.807, 2.05) is 44.4 Å². The average molecular weight is 332 g/mol. The third-order valence-electron chi connectivity index (χ3n) is 3.69. The summed E-state index contributed by atoms with van der Waals surface area (Å²) in [6.45, 7) is 2.72. The van der Waals surface area contributed by atoms with Gasteiger partial charge in [0.15, 0.2) is 6.61 Å². The van der Waals surface area contributed by atoms with Crippen molar-refractivity contribution in [2.75, 3.05) is 27.2 Å². The minimum absolute atomic E-state index is 0.0378. The Balaban J connectivity index is 1.79. The van der Waals surface area contributed by atoms with Crippen LogP contribution >= 0.6 is 11.3 Å². The summed E-state index contributed by atoms with van der Waals surface area (Å²) in [5.74, 6) is 0.618. The highest BCUT2D eigenvalue weighted by atomic mass is 32.1. The SMILES string of the molecule is CCc1ccc(OCC(=O)NCC(c2cccs2)N(C)C)cc1. The van der Waals surface area contributed by atoms with E-state index in [4.69, 9.17) is 4.74 Å². The highest BCUT2D eigenvalue weighted by Crippen LogP contribution is 2.22. The Morgan fingerprint density at radius 2 is 2.00 bits per heavy atom. The van der Waals surface area contributed by atoms with Gasteiger partial charge in [-0.15, -0.1) is 11.3 Å². The monoisotopic (exact) mass is 332 g/mol. The molecule has 0 bridgehead atoms. The number of rotatable bonds is 8. The zero-order valence-electron chi connectivity index (χ0n) is 13.9. The second-order valence-corrected chi connectivity index (χ2v) is 6.56. The van der Waals surface area contributed by atoms with Gasteiger partial charge in [-0.3, -0.25) is 4.79 Å². The number of thiophene rings is 1. The lowest BCUT2D eigenvalue weighted by molar-refractivity contribution is -0.123. The third kappa shape index (κ3) is 5.37. The molecule has 124 valence electrons. The Bertz CT molecular complexity index is 594. The predicted octanol–water partition coefficient (Wildman–Crippen LogP) is 3.11. The fraction of sp³-hybridized carbons (Fsp3) is 0.389. The average Bonchev–Trinajstić information content (AvgIpc) is 3.07.